The zero-order valence-corrected chi connectivity index (χ0v) is 18.6. The SMILES string of the molecule is CN=C(NCc1ccc2c(c1)OCO2)NCc1nc(C(C)(C)C)cs1.I. The molecule has 8 heteroatoms. The van der Waals surface area contributed by atoms with E-state index < -0.39 is 0 Å². The molecule has 0 fully saturated rings. The van der Waals surface area contributed by atoms with Gasteiger partial charge in [0.05, 0.1) is 12.2 Å². The lowest BCUT2D eigenvalue weighted by Crippen LogP contribution is -2.36. The Balaban J connectivity index is 0.00000243. The third-order valence-electron chi connectivity index (χ3n) is 3.85. The summed E-state index contributed by atoms with van der Waals surface area (Å²) in [5.74, 6) is 2.33. The summed E-state index contributed by atoms with van der Waals surface area (Å²) in [7, 11) is 1.76. The van der Waals surface area contributed by atoms with Crippen LogP contribution in [0.1, 0.15) is 37.0 Å². The topological polar surface area (TPSA) is 67.8 Å². The zero-order valence-electron chi connectivity index (χ0n) is 15.5. The van der Waals surface area contributed by atoms with Gasteiger partial charge in [-0.15, -0.1) is 35.3 Å². The molecule has 1 aromatic heterocycles. The van der Waals surface area contributed by atoms with E-state index in [2.05, 4.69) is 46.8 Å². The minimum atomic E-state index is 0. The molecule has 1 aliphatic rings. The second-order valence-corrected chi connectivity index (χ2v) is 7.79. The first-order chi connectivity index (χ1) is 12.0. The summed E-state index contributed by atoms with van der Waals surface area (Å²) in [5.41, 5.74) is 2.31. The van der Waals surface area contributed by atoms with Gasteiger partial charge in [0.25, 0.3) is 0 Å². The van der Waals surface area contributed by atoms with Crippen molar-refractivity contribution < 1.29 is 9.47 Å². The molecule has 0 aliphatic carbocycles. The van der Waals surface area contributed by atoms with Crippen molar-refractivity contribution in [1.82, 2.24) is 15.6 Å². The quantitative estimate of drug-likeness (QED) is 0.391. The Bertz CT molecular complexity index is 771. The third-order valence-corrected chi connectivity index (χ3v) is 4.70. The van der Waals surface area contributed by atoms with E-state index in [-0.39, 0.29) is 29.4 Å². The zero-order chi connectivity index (χ0) is 17.9. The van der Waals surface area contributed by atoms with Crippen LogP contribution in [0.2, 0.25) is 0 Å². The maximum absolute atomic E-state index is 5.40. The molecule has 0 saturated carbocycles. The van der Waals surface area contributed by atoms with Crippen LogP contribution in [0.15, 0.2) is 28.6 Å². The van der Waals surface area contributed by atoms with Crippen LogP contribution in [-0.2, 0) is 18.5 Å². The van der Waals surface area contributed by atoms with E-state index in [0.29, 0.717) is 19.9 Å². The van der Waals surface area contributed by atoms with Gasteiger partial charge in [-0.2, -0.15) is 0 Å². The predicted molar refractivity (Wildman–Crippen MR) is 116 cm³/mol. The number of nitrogens with zero attached hydrogens (tertiary/aromatic N) is 2. The molecule has 2 heterocycles. The molecule has 0 bridgehead atoms. The van der Waals surface area contributed by atoms with Gasteiger partial charge in [0.2, 0.25) is 6.79 Å². The van der Waals surface area contributed by atoms with Crippen LogP contribution in [-0.4, -0.2) is 24.8 Å². The average Bonchev–Trinajstić information content (AvgIpc) is 3.23. The summed E-state index contributed by atoms with van der Waals surface area (Å²) in [6.07, 6.45) is 0. The second kappa shape index (κ2) is 8.90. The van der Waals surface area contributed by atoms with E-state index >= 15 is 0 Å². The number of ether oxygens (including phenoxy) is 2. The number of aromatic nitrogens is 1. The molecule has 3 rings (SSSR count). The number of hydrogen-bond donors (Lipinski definition) is 2. The molecule has 1 aromatic carbocycles. The first-order valence-electron chi connectivity index (χ1n) is 8.23. The lowest BCUT2D eigenvalue weighted by atomic mass is 9.93. The standard InChI is InChI=1S/C18H24N4O2S.HI/c1-18(2,3)15-10-25-16(22-15)9-21-17(19-4)20-8-12-5-6-13-14(7-12)24-11-23-13;/h5-7,10H,8-9,11H2,1-4H3,(H2,19,20,21);1H. The van der Waals surface area contributed by atoms with Crippen molar-refractivity contribution in [2.24, 2.45) is 4.99 Å². The van der Waals surface area contributed by atoms with Crippen LogP contribution in [0.25, 0.3) is 0 Å². The molecule has 0 spiro atoms. The predicted octanol–water partition coefficient (Wildman–Crippen LogP) is 3.65. The molecule has 26 heavy (non-hydrogen) atoms. The lowest BCUT2D eigenvalue weighted by Gasteiger charge is -2.14. The molecule has 0 radical (unpaired) electrons. The van der Waals surface area contributed by atoms with Crippen molar-refractivity contribution >= 4 is 41.3 Å². The number of fused-ring (bicyclic) bond motifs is 1. The number of rotatable bonds is 4. The number of benzene rings is 1. The normalized spacial score (nSPS) is 13.3. The van der Waals surface area contributed by atoms with Crippen molar-refractivity contribution in [1.29, 1.82) is 0 Å². The number of guanidine groups is 1. The number of aliphatic imine (C=N–C) groups is 1. The molecular weight excluding hydrogens is 463 g/mol. The summed E-state index contributed by atoms with van der Waals surface area (Å²) in [6, 6.07) is 5.93. The average molecular weight is 488 g/mol. The van der Waals surface area contributed by atoms with Gasteiger partial charge in [-0.05, 0) is 17.7 Å². The van der Waals surface area contributed by atoms with Gasteiger partial charge in [0.1, 0.15) is 5.01 Å². The number of nitrogens with one attached hydrogen (secondary N) is 2. The molecule has 2 aromatic rings. The summed E-state index contributed by atoms with van der Waals surface area (Å²) in [6.45, 7) is 8.12. The van der Waals surface area contributed by atoms with Gasteiger partial charge in [0.15, 0.2) is 17.5 Å². The highest BCUT2D eigenvalue weighted by Gasteiger charge is 2.17. The summed E-state index contributed by atoms with van der Waals surface area (Å²) >= 11 is 1.67. The molecule has 0 saturated heterocycles. The van der Waals surface area contributed by atoms with Gasteiger partial charge in [0, 0.05) is 24.4 Å². The van der Waals surface area contributed by atoms with Gasteiger partial charge >= 0.3 is 0 Å². The van der Waals surface area contributed by atoms with E-state index in [1.165, 1.54) is 0 Å². The van der Waals surface area contributed by atoms with E-state index in [1.807, 2.05) is 18.2 Å². The molecule has 6 nitrogen and oxygen atoms in total. The molecule has 2 N–H and O–H groups in total. The Morgan fingerprint density at radius 3 is 2.62 bits per heavy atom. The van der Waals surface area contributed by atoms with E-state index in [4.69, 9.17) is 9.47 Å². The fraction of sp³-hybridized carbons (Fsp3) is 0.444. The molecule has 1 aliphatic heterocycles. The molecule has 0 atom stereocenters. The largest absolute Gasteiger partial charge is 0.454 e. The maximum Gasteiger partial charge on any atom is 0.231 e. The van der Waals surface area contributed by atoms with E-state index in [9.17, 15) is 0 Å². The van der Waals surface area contributed by atoms with Crippen LogP contribution in [0.4, 0.5) is 0 Å². The van der Waals surface area contributed by atoms with Crippen LogP contribution in [0.5, 0.6) is 11.5 Å². The molecular formula is C18H25IN4O2S. The van der Waals surface area contributed by atoms with Crippen molar-refractivity contribution in [3.8, 4) is 11.5 Å². The highest BCUT2D eigenvalue weighted by atomic mass is 127. The van der Waals surface area contributed by atoms with Crippen molar-refractivity contribution in [3.63, 3.8) is 0 Å². The number of hydrogen-bond acceptors (Lipinski definition) is 5. The molecule has 142 valence electrons. The van der Waals surface area contributed by atoms with Gasteiger partial charge < -0.3 is 20.1 Å². The van der Waals surface area contributed by atoms with Gasteiger partial charge in [-0.25, -0.2) is 4.98 Å². The fourth-order valence-electron chi connectivity index (χ4n) is 2.35. The highest BCUT2D eigenvalue weighted by Crippen LogP contribution is 2.32. The van der Waals surface area contributed by atoms with Crippen molar-refractivity contribution in [2.75, 3.05) is 13.8 Å². The van der Waals surface area contributed by atoms with Gasteiger partial charge in [-0.1, -0.05) is 26.8 Å². The summed E-state index contributed by atoms with van der Waals surface area (Å²) in [5, 5.41) is 9.78. The Morgan fingerprint density at radius 2 is 1.92 bits per heavy atom. The molecule has 0 unspecified atom stereocenters. The van der Waals surface area contributed by atoms with E-state index in [1.54, 1.807) is 18.4 Å². The summed E-state index contributed by atoms with van der Waals surface area (Å²) in [4.78, 5) is 8.95. The minimum absolute atomic E-state index is 0. The summed E-state index contributed by atoms with van der Waals surface area (Å²) < 4.78 is 10.7. The Hall–Kier alpha value is -1.55. The van der Waals surface area contributed by atoms with Crippen molar-refractivity contribution in [2.45, 2.75) is 39.3 Å². The highest BCUT2D eigenvalue weighted by molar-refractivity contribution is 14.0. The lowest BCUT2D eigenvalue weighted by molar-refractivity contribution is 0.174. The smallest absolute Gasteiger partial charge is 0.231 e. The van der Waals surface area contributed by atoms with Crippen molar-refractivity contribution in [3.05, 3.63) is 39.8 Å². The number of halogens is 1. The molecule has 0 amide bonds. The van der Waals surface area contributed by atoms with Crippen LogP contribution >= 0.6 is 35.3 Å². The third kappa shape index (κ3) is 5.23. The maximum atomic E-state index is 5.40. The monoisotopic (exact) mass is 488 g/mol. The minimum Gasteiger partial charge on any atom is -0.454 e. The first-order valence-corrected chi connectivity index (χ1v) is 9.11. The first kappa shape index (κ1) is 20.8. The van der Waals surface area contributed by atoms with Gasteiger partial charge in [-0.3, -0.25) is 4.99 Å². The van der Waals surface area contributed by atoms with Crippen LogP contribution in [0, 0.1) is 0 Å². The van der Waals surface area contributed by atoms with Crippen LogP contribution in [0.3, 0.4) is 0 Å². The Morgan fingerprint density at radius 1 is 1.19 bits per heavy atom. The Labute approximate surface area is 175 Å². The fourth-order valence-corrected chi connectivity index (χ4v) is 3.31. The Kier molecular flexibility index (Phi) is 7.10. The van der Waals surface area contributed by atoms with Crippen LogP contribution < -0.4 is 20.1 Å². The number of thiazole rings is 1. The van der Waals surface area contributed by atoms with E-state index in [0.717, 1.165) is 33.7 Å². The second-order valence-electron chi connectivity index (χ2n) is 6.84.